The maximum Gasteiger partial charge on any atom is 0.226 e. The fraction of sp³-hybridized carbons (Fsp3) is 0.304. The van der Waals surface area contributed by atoms with Crippen LogP contribution in [0.1, 0.15) is 31.1 Å². The summed E-state index contributed by atoms with van der Waals surface area (Å²) < 4.78 is 10.6. The number of hydrogen-bond acceptors (Lipinski definition) is 7. The molecule has 0 saturated heterocycles. The summed E-state index contributed by atoms with van der Waals surface area (Å²) in [4.78, 5) is 29.1. The average molecular weight is 455 g/mol. The van der Waals surface area contributed by atoms with E-state index >= 15 is 0 Å². The van der Waals surface area contributed by atoms with Crippen LogP contribution in [-0.4, -0.2) is 46.3 Å². The molecule has 2 N–H and O–H groups in total. The highest BCUT2D eigenvalue weighted by molar-refractivity contribution is 8.00. The quantitative estimate of drug-likeness (QED) is 0.363. The third-order valence-corrected chi connectivity index (χ3v) is 5.70. The Bertz CT molecular complexity index is 1100. The summed E-state index contributed by atoms with van der Waals surface area (Å²) in [6.07, 6.45) is 0. The van der Waals surface area contributed by atoms with Gasteiger partial charge in [0, 0.05) is 23.2 Å². The Morgan fingerprint density at radius 3 is 2.38 bits per heavy atom. The fourth-order valence-corrected chi connectivity index (χ4v) is 3.67. The van der Waals surface area contributed by atoms with Gasteiger partial charge in [0.2, 0.25) is 11.1 Å². The number of H-pyrrole nitrogens is 1. The van der Waals surface area contributed by atoms with Crippen molar-refractivity contribution in [2.45, 2.75) is 31.2 Å². The monoisotopic (exact) mass is 454 g/mol. The first kappa shape index (κ1) is 23.3. The van der Waals surface area contributed by atoms with E-state index in [2.05, 4.69) is 20.5 Å². The molecular weight excluding hydrogens is 428 g/mol. The van der Waals surface area contributed by atoms with Gasteiger partial charge in [-0.05, 0) is 43.3 Å². The molecule has 1 amide bonds. The van der Waals surface area contributed by atoms with Crippen LogP contribution < -0.4 is 14.8 Å². The maximum atomic E-state index is 12.8. The van der Waals surface area contributed by atoms with Crippen LogP contribution in [0.4, 0.5) is 5.69 Å². The summed E-state index contributed by atoms with van der Waals surface area (Å²) in [5.41, 5.74) is 1.96. The van der Waals surface area contributed by atoms with Gasteiger partial charge in [-0.2, -0.15) is 0 Å². The highest BCUT2D eigenvalue weighted by Crippen LogP contribution is 2.32. The molecule has 0 aliphatic carbocycles. The van der Waals surface area contributed by atoms with Gasteiger partial charge < -0.3 is 14.8 Å². The van der Waals surface area contributed by atoms with Crippen LogP contribution in [0.2, 0.25) is 0 Å². The van der Waals surface area contributed by atoms with Crippen LogP contribution in [0.25, 0.3) is 11.4 Å². The zero-order valence-corrected chi connectivity index (χ0v) is 19.4. The van der Waals surface area contributed by atoms with Crippen molar-refractivity contribution in [3.8, 4) is 22.9 Å². The molecule has 1 unspecified atom stereocenters. The number of nitrogens with one attached hydrogen (secondary N) is 2. The number of ether oxygens (including phenoxy) is 2. The Morgan fingerprint density at radius 1 is 1.03 bits per heavy atom. The van der Waals surface area contributed by atoms with Gasteiger partial charge in [0.15, 0.2) is 11.6 Å². The second-order valence-corrected chi connectivity index (χ2v) is 8.69. The molecular formula is C23H26N4O4S. The smallest absolute Gasteiger partial charge is 0.226 e. The molecule has 0 aliphatic heterocycles. The van der Waals surface area contributed by atoms with Gasteiger partial charge in [-0.1, -0.05) is 25.6 Å². The van der Waals surface area contributed by atoms with E-state index in [9.17, 15) is 9.59 Å². The van der Waals surface area contributed by atoms with E-state index in [0.717, 1.165) is 5.56 Å². The molecule has 3 rings (SSSR count). The van der Waals surface area contributed by atoms with Crippen LogP contribution >= 0.6 is 11.8 Å². The summed E-state index contributed by atoms with van der Waals surface area (Å²) in [5.74, 6) is 1.58. The lowest BCUT2D eigenvalue weighted by atomic mass is 10.1. The number of hydrogen-bond donors (Lipinski definition) is 2. The number of nitrogens with zero attached hydrogens (tertiary/aromatic N) is 2. The SMILES string of the molecule is COc1ccc(-c2nc(SC(C)C(=O)c3ccc(NC(=O)C(C)C)cc3)n[nH]2)c(OC)c1. The molecule has 32 heavy (non-hydrogen) atoms. The zero-order valence-electron chi connectivity index (χ0n) is 18.6. The molecule has 8 nitrogen and oxygen atoms in total. The third kappa shape index (κ3) is 5.47. The molecule has 168 valence electrons. The average Bonchev–Trinajstić information content (AvgIpc) is 3.26. The molecule has 0 aliphatic rings. The van der Waals surface area contributed by atoms with E-state index in [-0.39, 0.29) is 17.6 Å². The molecule has 9 heteroatoms. The summed E-state index contributed by atoms with van der Waals surface area (Å²) in [6.45, 7) is 5.46. The fourth-order valence-electron chi connectivity index (χ4n) is 2.86. The third-order valence-electron chi connectivity index (χ3n) is 4.74. The van der Waals surface area contributed by atoms with E-state index in [1.54, 1.807) is 44.6 Å². The van der Waals surface area contributed by atoms with Crippen LogP contribution in [0.5, 0.6) is 11.5 Å². The second-order valence-electron chi connectivity index (χ2n) is 7.38. The second kappa shape index (κ2) is 10.3. The largest absolute Gasteiger partial charge is 0.497 e. The number of methoxy groups -OCH3 is 2. The molecule has 0 spiro atoms. The van der Waals surface area contributed by atoms with Gasteiger partial charge in [-0.15, -0.1) is 5.10 Å². The van der Waals surface area contributed by atoms with Crippen LogP contribution in [-0.2, 0) is 4.79 Å². The maximum absolute atomic E-state index is 12.8. The summed E-state index contributed by atoms with van der Waals surface area (Å²) in [5, 5.41) is 10.0. The lowest BCUT2D eigenvalue weighted by Crippen LogP contribution is -2.18. The van der Waals surface area contributed by atoms with Gasteiger partial charge >= 0.3 is 0 Å². The molecule has 1 atom stereocenters. The Kier molecular flexibility index (Phi) is 7.53. The van der Waals surface area contributed by atoms with Gasteiger partial charge in [0.05, 0.1) is 25.0 Å². The van der Waals surface area contributed by atoms with Crippen molar-refractivity contribution in [3.63, 3.8) is 0 Å². The van der Waals surface area contributed by atoms with Crippen molar-refractivity contribution in [2.75, 3.05) is 19.5 Å². The Morgan fingerprint density at radius 2 is 1.75 bits per heavy atom. The van der Waals surface area contributed by atoms with Crippen LogP contribution in [0, 0.1) is 5.92 Å². The molecule has 2 aromatic carbocycles. The zero-order chi connectivity index (χ0) is 23.3. The summed E-state index contributed by atoms with van der Waals surface area (Å²) in [6, 6.07) is 12.3. The highest BCUT2D eigenvalue weighted by atomic mass is 32.2. The number of anilines is 1. The summed E-state index contributed by atoms with van der Waals surface area (Å²) >= 11 is 1.26. The van der Waals surface area contributed by atoms with E-state index in [4.69, 9.17) is 9.47 Å². The predicted octanol–water partition coefficient (Wildman–Crippen LogP) is 4.45. The van der Waals surface area contributed by atoms with Crippen molar-refractivity contribution in [1.29, 1.82) is 0 Å². The number of carbonyl (C=O) groups excluding carboxylic acids is 2. The minimum absolute atomic E-state index is 0.0508. The lowest BCUT2D eigenvalue weighted by Gasteiger charge is -2.10. The normalized spacial score (nSPS) is 11.8. The molecule has 3 aromatic rings. The topological polar surface area (TPSA) is 106 Å². The molecule has 0 fully saturated rings. The van der Waals surface area contributed by atoms with Gasteiger partial charge in [0.25, 0.3) is 0 Å². The Labute approximate surface area is 191 Å². The Balaban J connectivity index is 1.68. The minimum Gasteiger partial charge on any atom is -0.497 e. The van der Waals surface area contributed by atoms with Crippen molar-refractivity contribution in [1.82, 2.24) is 15.2 Å². The lowest BCUT2D eigenvalue weighted by molar-refractivity contribution is -0.118. The first-order chi connectivity index (χ1) is 15.3. The predicted molar refractivity (Wildman–Crippen MR) is 124 cm³/mol. The number of carbonyl (C=O) groups is 2. The molecule has 0 bridgehead atoms. The molecule has 0 saturated carbocycles. The number of thioether (sulfide) groups is 1. The highest BCUT2D eigenvalue weighted by Gasteiger charge is 2.20. The standard InChI is InChI=1S/C23H26N4O4S/c1-13(2)22(29)24-16-8-6-15(7-9-16)20(28)14(3)32-23-25-21(26-27-23)18-11-10-17(30-4)12-19(18)31-5/h6-14H,1-5H3,(H,24,29)(H,25,26,27). The van der Waals surface area contributed by atoms with Gasteiger partial charge in [-0.3, -0.25) is 14.7 Å². The van der Waals surface area contributed by atoms with Crippen LogP contribution in [0.15, 0.2) is 47.6 Å². The number of aromatic amines is 1. The van der Waals surface area contributed by atoms with E-state index < -0.39 is 5.25 Å². The molecule has 0 radical (unpaired) electrons. The first-order valence-electron chi connectivity index (χ1n) is 10.1. The van der Waals surface area contributed by atoms with Crippen molar-refractivity contribution in [2.24, 2.45) is 5.92 Å². The number of benzene rings is 2. The molecule has 1 aromatic heterocycles. The van der Waals surface area contributed by atoms with E-state index in [1.807, 2.05) is 32.9 Å². The van der Waals surface area contributed by atoms with E-state index in [0.29, 0.717) is 33.7 Å². The van der Waals surface area contributed by atoms with Gasteiger partial charge in [0.1, 0.15) is 11.5 Å². The van der Waals surface area contributed by atoms with Gasteiger partial charge in [-0.25, -0.2) is 4.98 Å². The van der Waals surface area contributed by atoms with Crippen LogP contribution in [0.3, 0.4) is 0 Å². The summed E-state index contributed by atoms with van der Waals surface area (Å²) in [7, 11) is 3.16. The van der Waals surface area contributed by atoms with Crippen molar-refractivity contribution in [3.05, 3.63) is 48.0 Å². The van der Waals surface area contributed by atoms with Crippen molar-refractivity contribution >= 4 is 29.1 Å². The molecule has 1 heterocycles. The first-order valence-corrected chi connectivity index (χ1v) is 11.0. The number of ketones is 1. The van der Waals surface area contributed by atoms with Crippen molar-refractivity contribution < 1.29 is 19.1 Å². The number of rotatable bonds is 9. The Hall–Kier alpha value is -3.33. The number of Topliss-reactive ketones (excluding diaryl/α,β-unsaturated/α-hetero) is 1. The number of amides is 1. The number of aromatic nitrogens is 3. The van der Waals surface area contributed by atoms with E-state index in [1.165, 1.54) is 11.8 Å². The minimum atomic E-state index is -0.396.